The molecule has 0 aliphatic carbocycles. The van der Waals surface area contributed by atoms with Crippen molar-refractivity contribution in [2.24, 2.45) is 7.05 Å². The van der Waals surface area contributed by atoms with E-state index in [-0.39, 0.29) is 5.91 Å². The van der Waals surface area contributed by atoms with Gasteiger partial charge in [-0.15, -0.1) is 0 Å². The average molecular weight is 363 g/mol. The molecule has 0 radical (unpaired) electrons. The van der Waals surface area contributed by atoms with E-state index in [1.807, 2.05) is 6.92 Å². The summed E-state index contributed by atoms with van der Waals surface area (Å²) >= 11 is 0. The average Bonchev–Trinajstić information content (AvgIpc) is 3.30. The molecule has 0 aliphatic rings. The van der Waals surface area contributed by atoms with Crippen LogP contribution in [0.25, 0.3) is 22.5 Å². The Morgan fingerprint density at radius 3 is 2.81 bits per heavy atom. The van der Waals surface area contributed by atoms with Gasteiger partial charge in [0.1, 0.15) is 5.69 Å². The number of methoxy groups -OCH3 is 1. The summed E-state index contributed by atoms with van der Waals surface area (Å²) in [5, 5.41) is 7.96. The van der Waals surface area contributed by atoms with Gasteiger partial charge in [0.2, 0.25) is 5.88 Å². The molecule has 4 aromatic heterocycles. The number of anilines is 1. The molecule has 4 heterocycles. The zero-order valence-corrected chi connectivity index (χ0v) is 15.1. The number of aromatic nitrogens is 4. The van der Waals surface area contributed by atoms with Gasteiger partial charge in [0.15, 0.2) is 11.4 Å². The Bertz CT molecular complexity index is 1110. The summed E-state index contributed by atoms with van der Waals surface area (Å²) in [6, 6.07) is 8.69. The summed E-state index contributed by atoms with van der Waals surface area (Å²) in [6.07, 6.45) is 3.11. The predicted molar refractivity (Wildman–Crippen MR) is 99.7 cm³/mol. The van der Waals surface area contributed by atoms with Crippen molar-refractivity contribution in [3.05, 3.63) is 54.0 Å². The highest BCUT2D eigenvalue weighted by atomic mass is 16.5. The Labute approximate surface area is 154 Å². The number of carbonyl (C=O) groups is 1. The Morgan fingerprint density at radius 1 is 1.30 bits per heavy atom. The van der Waals surface area contributed by atoms with Crippen LogP contribution in [-0.2, 0) is 7.05 Å². The Hall–Kier alpha value is -3.68. The maximum Gasteiger partial charge on any atom is 0.256 e. The summed E-state index contributed by atoms with van der Waals surface area (Å²) < 4.78 is 12.1. The van der Waals surface area contributed by atoms with Gasteiger partial charge in [0.05, 0.1) is 41.9 Å². The molecule has 4 rings (SSSR count). The standard InChI is InChI=1S/C19H17N5O3/c1-11-17-13(19(25)21-12-6-7-16(26-3)20-10-12)9-14(15-5-4-8-27-15)22-18(17)24(2)23-11/h4-10H,1-3H3,(H,21,25). The molecule has 136 valence electrons. The van der Waals surface area contributed by atoms with Crippen LogP contribution in [0.3, 0.4) is 0 Å². The zero-order chi connectivity index (χ0) is 19.0. The Balaban J connectivity index is 1.79. The first-order valence-electron chi connectivity index (χ1n) is 8.26. The number of fused-ring (bicyclic) bond motifs is 1. The number of pyridine rings is 2. The van der Waals surface area contributed by atoms with E-state index in [0.717, 1.165) is 5.69 Å². The number of hydrogen-bond acceptors (Lipinski definition) is 6. The molecule has 0 fully saturated rings. The molecular weight excluding hydrogens is 346 g/mol. The van der Waals surface area contributed by atoms with Crippen molar-refractivity contribution < 1.29 is 13.9 Å². The van der Waals surface area contributed by atoms with Crippen LogP contribution in [0.5, 0.6) is 5.88 Å². The van der Waals surface area contributed by atoms with Gasteiger partial charge >= 0.3 is 0 Å². The maximum absolute atomic E-state index is 13.0. The van der Waals surface area contributed by atoms with E-state index in [1.54, 1.807) is 54.5 Å². The monoisotopic (exact) mass is 363 g/mol. The third-order valence-electron chi connectivity index (χ3n) is 4.19. The van der Waals surface area contributed by atoms with Crippen molar-refractivity contribution in [1.82, 2.24) is 19.7 Å². The van der Waals surface area contributed by atoms with E-state index >= 15 is 0 Å². The van der Waals surface area contributed by atoms with Crippen molar-refractivity contribution in [2.75, 3.05) is 12.4 Å². The normalized spacial score (nSPS) is 10.9. The molecule has 0 saturated carbocycles. The van der Waals surface area contributed by atoms with Gasteiger partial charge in [-0.1, -0.05) is 0 Å². The summed E-state index contributed by atoms with van der Waals surface area (Å²) in [6.45, 7) is 1.85. The summed E-state index contributed by atoms with van der Waals surface area (Å²) in [4.78, 5) is 21.7. The number of amides is 1. The number of furan rings is 1. The lowest BCUT2D eigenvalue weighted by Gasteiger charge is -2.09. The van der Waals surface area contributed by atoms with Crippen LogP contribution in [0.1, 0.15) is 16.1 Å². The molecule has 0 saturated heterocycles. The lowest BCUT2D eigenvalue weighted by Crippen LogP contribution is -2.13. The molecule has 27 heavy (non-hydrogen) atoms. The van der Waals surface area contributed by atoms with E-state index < -0.39 is 0 Å². The minimum absolute atomic E-state index is 0.279. The molecule has 4 aromatic rings. The van der Waals surface area contributed by atoms with Gasteiger partial charge in [-0.25, -0.2) is 9.97 Å². The summed E-state index contributed by atoms with van der Waals surface area (Å²) in [5.41, 5.74) is 2.93. The third-order valence-corrected chi connectivity index (χ3v) is 4.19. The van der Waals surface area contributed by atoms with E-state index in [4.69, 9.17) is 9.15 Å². The number of nitrogens with one attached hydrogen (secondary N) is 1. The van der Waals surface area contributed by atoms with E-state index in [1.165, 1.54) is 7.11 Å². The fourth-order valence-corrected chi connectivity index (χ4v) is 2.95. The van der Waals surface area contributed by atoms with E-state index in [9.17, 15) is 4.79 Å². The van der Waals surface area contributed by atoms with Crippen molar-refractivity contribution in [2.45, 2.75) is 6.92 Å². The van der Waals surface area contributed by atoms with Crippen molar-refractivity contribution >= 4 is 22.6 Å². The van der Waals surface area contributed by atoms with Crippen LogP contribution in [-0.4, -0.2) is 32.8 Å². The largest absolute Gasteiger partial charge is 0.481 e. The highest BCUT2D eigenvalue weighted by molar-refractivity contribution is 6.13. The number of ether oxygens (including phenoxy) is 1. The van der Waals surface area contributed by atoms with Crippen LogP contribution < -0.4 is 10.1 Å². The quantitative estimate of drug-likeness (QED) is 0.598. The molecule has 1 N–H and O–H groups in total. The molecule has 0 spiro atoms. The lowest BCUT2D eigenvalue weighted by atomic mass is 10.1. The molecule has 0 atom stereocenters. The molecule has 0 aliphatic heterocycles. The second-order valence-electron chi connectivity index (χ2n) is 5.98. The number of aryl methyl sites for hydroxylation is 2. The van der Waals surface area contributed by atoms with Crippen LogP contribution >= 0.6 is 0 Å². The first-order valence-corrected chi connectivity index (χ1v) is 8.26. The Kier molecular flexibility index (Phi) is 4.08. The van der Waals surface area contributed by atoms with Crippen molar-refractivity contribution in [1.29, 1.82) is 0 Å². The van der Waals surface area contributed by atoms with Gasteiger partial charge in [0.25, 0.3) is 5.91 Å². The van der Waals surface area contributed by atoms with Crippen LogP contribution in [0.15, 0.2) is 47.2 Å². The second kappa shape index (κ2) is 6.56. The van der Waals surface area contributed by atoms with Crippen LogP contribution in [0, 0.1) is 6.92 Å². The fraction of sp³-hybridized carbons (Fsp3) is 0.158. The summed E-state index contributed by atoms with van der Waals surface area (Å²) in [7, 11) is 3.33. The highest BCUT2D eigenvalue weighted by Crippen LogP contribution is 2.27. The van der Waals surface area contributed by atoms with Crippen LogP contribution in [0.4, 0.5) is 5.69 Å². The SMILES string of the molecule is COc1ccc(NC(=O)c2cc(-c3ccco3)nc3c2c(C)nn3C)cn1. The van der Waals surface area contributed by atoms with Crippen molar-refractivity contribution in [3.8, 4) is 17.3 Å². The molecule has 0 aromatic carbocycles. The molecule has 0 bridgehead atoms. The predicted octanol–water partition coefficient (Wildman–Crippen LogP) is 3.19. The lowest BCUT2D eigenvalue weighted by molar-refractivity contribution is 0.102. The third kappa shape index (κ3) is 3.01. The van der Waals surface area contributed by atoms with Gasteiger partial charge in [-0.05, 0) is 31.2 Å². The van der Waals surface area contributed by atoms with E-state index in [0.29, 0.717) is 39.6 Å². The Morgan fingerprint density at radius 2 is 2.15 bits per heavy atom. The van der Waals surface area contributed by atoms with Gasteiger partial charge in [0, 0.05) is 13.1 Å². The highest BCUT2D eigenvalue weighted by Gasteiger charge is 2.20. The minimum atomic E-state index is -0.279. The van der Waals surface area contributed by atoms with Crippen molar-refractivity contribution in [3.63, 3.8) is 0 Å². The van der Waals surface area contributed by atoms with Crippen LogP contribution in [0.2, 0.25) is 0 Å². The molecule has 0 unspecified atom stereocenters. The first-order chi connectivity index (χ1) is 13.1. The number of rotatable bonds is 4. The van der Waals surface area contributed by atoms with Gasteiger partial charge in [-0.3, -0.25) is 9.48 Å². The minimum Gasteiger partial charge on any atom is -0.481 e. The molecule has 1 amide bonds. The summed E-state index contributed by atoms with van der Waals surface area (Å²) in [5.74, 6) is 0.775. The molecular formula is C19H17N5O3. The second-order valence-corrected chi connectivity index (χ2v) is 5.98. The smallest absolute Gasteiger partial charge is 0.256 e. The molecule has 8 nitrogen and oxygen atoms in total. The topological polar surface area (TPSA) is 95.1 Å². The fourth-order valence-electron chi connectivity index (χ4n) is 2.95. The van der Waals surface area contributed by atoms with Gasteiger partial charge < -0.3 is 14.5 Å². The maximum atomic E-state index is 13.0. The number of nitrogens with zero attached hydrogens (tertiary/aromatic N) is 4. The van der Waals surface area contributed by atoms with E-state index in [2.05, 4.69) is 20.4 Å². The molecule has 8 heteroatoms. The zero-order valence-electron chi connectivity index (χ0n) is 15.1. The first kappa shape index (κ1) is 16.8. The number of carbonyl (C=O) groups excluding carboxylic acids is 1. The number of hydrogen-bond donors (Lipinski definition) is 1. The van der Waals surface area contributed by atoms with Gasteiger partial charge in [-0.2, -0.15) is 5.10 Å².